The molecule has 18 heavy (non-hydrogen) atoms. The van der Waals surface area contributed by atoms with Crippen molar-refractivity contribution in [1.29, 1.82) is 0 Å². The minimum Gasteiger partial charge on any atom is -0.282 e. The van der Waals surface area contributed by atoms with E-state index in [1.807, 2.05) is 25.1 Å². The van der Waals surface area contributed by atoms with E-state index < -0.39 is 10.1 Å². The molecule has 0 saturated heterocycles. The summed E-state index contributed by atoms with van der Waals surface area (Å²) in [5.41, 5.74) is 1.87. The topological polar surface area (TPSA) is 54.4 Å². The zero-order valence-corrected chi connectivity index (χ0v) is 11.3. The standard InChI is InChI=1S/C14H16O3S/c1-3-10-6-5-7-13-11(4-2)14(18(15,16)17)9-8-12(10)13/h5-9H,3-4H2,1-2H3,(H,15,16,17). The van der Waals surface area contributed by atoms with Gasteiger partial charge in [-0.15, -0.1) is 0 Å². The quantitative estimate of drug-likeness (QED) is 0.866. The number of benzene rings is 2. The van der Waals surface area contributed by atoms with Gasteiger partial charge >= 0.3 is 0 Å². The van der Waals surface area contributed by atoms with E-state index >= 15 is 0 Å². The van der Waals surface area contributed by atoms with E-state index in [0.29, 0.717) is 12.0 Å². The van der Waals surface area contributed by atoms with E-state index in [1.165, 1.54) is 11.6 Å². The van der Waals surface area contributed by atoms with Crippen LogP contribution in [0.5, 0.6) is 0 Å². The second kappa shape index (κ2) is 4.71. The molecule has 96 valence electrons. The highest BCUT2D eigenvalue weighted by Gasteiger charge is 2.17. The average molecular weight is 264 g/mol. The molecule has 0 aromatic heterocycles. The molecule has 4 heteroatoms. The van der Waals surface area contributed by atoms with E-state index in [1.54, 1.807) is 6.07 Å². The van der Waals surface area contributed by atoms with Crippen LogP contribution in [-0.2, 0) is 23.0 Å². The van der Waals surface area contributed by atoms with Crippen molar-refractivity contribution < 1.29 is 13.0 Å². The SMILES string of the molecule is CCc1cccc2c(CC)c(S(=O)(=O)O)ccc12. The average Bonchev–Trinajstić information content (AvgIpc) is 2.35. The zero-order chi connectivity index (χ0) is 13.3. The van der Waals surface area contributed by atoms with Crippen molar-refractivity contribution >= 4 is 20.9 Å². The van der Waals surface area contributed by atoms with Crippen LogP contribution in [0.15, 0.2) is 35.2 Å². The van der Waals surface area contributed by atoms with Gasteiger partial charge in [-0.2, -0.15) is 8.42 Å². The lowest BCUT2D eigenvalue weighted by Crippen LogP contribution is -2.03. The van der Waals surface area contributed by atoms with Crippen molar-refractivity contribution in [1.82, 2.24) is 0 Å². The third kappa shape index (κ3) is 2.13. The highest BCUT2D eigenvalue weighted by Crippen LogP contribution is 2.28. The van der Waals surface area contributed by atoms with Crippen molar-refractivity contribution in [2.24, 2.45) is 0 Å². The van der Waals surface area contributed by atoms with Crippen LogP contribution in [0, 0.1) is 0 Å². The van der Waals surface area contributed by atoms with Crippen LogP contribution in [0.1, 0.15) is 25.0 Å². The largest absolute Gasteiger partial charge is 0.294 e. The summed E-state index contributed by atoms with van der Waals surface area (Å²) >= 11 is 0. The lowest BCUT2D eigenvalue weighted by atomic mass is 9.97. The van der Waals surface area contributed by atoms with Gasteiger partial charge in [0.25, 0.3) is 10.1 Å². The molecule has 0 unspecified atom stereocenters. The molecule has 0 aliphatic carbocycles. The normalized spacial score (nSPS) is 11.9. The lowest BCUT2D eigenvalue weighted by molar-refractivity contribution is 0.482. The minimum absolute atomic E-state index is 0.0192. The Hall–Kier alpha value is -1.39. The van der Waals surface area contributed by atoms with Crippen LogP contribution < -0.4 is 0 Å². The van der Waals surface area contributed by atoms with E-state index in [0.717, 1.165) is 17.2 Å². The zero-order valence-electron chi connectivity index (χ0n) is 10.5. The first-order chi connectivity index (χ1) is 8.49. The van der Waals surface area contributed by atoms with Crippen LogP contribution in [-0.4, -0.2) is 13.0 Å². The Labute approximate surface area is 107 Å². The monoisotopic (exact) mass is 264 g/mol. The fourth-order valence-electron chi connectivity index (χ4n) is 2.38. The van der Waals surface area contributed by atoms with Crippen LogP contribution in [0.3, 0.4) is 0 Å². The van der Waals surface area contributed by atoms with Crippen LogP contribution in [0.4, 0.5) is 0 Å². The molecule has 0 amide bonds. The Bertz CT molecular complexity index is 687. The molecule has 0 heterocycles. The van der Waals surface area contributed by atoms with Gasteiger partial charge in [0.2, 0.25) is 0 Å². The molecule has 0 aliphatic rings. The summed E-state index contributed by atoms with van der Waals surface area (Å²) < 4.78 is 32.0. The van der Waals surface area contributed by atoms with Gasteiger partial charge in [-0.05, 0) is 40.8 Å². The fourth-order valence-corrected chi connectivity index (χ4v) is 3.19. The molecule has 0 saturated carbocycles. The van der Waals surface area contributed by atoms with E-state index in [4.69, 9.17) is 0 Å². The molecule has 0 radical (unpaired) electrons. The van der Waals surface area contributed by atoms with Crippen LogP contribution in [0.2, 0.25) is 0 Å². The first-order valence-electron chi connectivity index (χ1n) is 6.00. The number of rotatable bonds is 3. The van der Waals surface area contributed by atoms with E-state index in [2.05, 4.69) is 6.92 Å². The molecule has 2 aromatic carbocycles. The number of aryl methyl sites for hydroxylation is 2. The first kappa shape index (κ1) is 13.1. The van der Waals surface area contributed by atoms with Crippen molar-refractivity contribution in [3.05, 3.63) is 41.5 Å². The summed E-state index contributed by atoms with van der Waals surface area (Å²) in [6.45, 7) is 3.96. The third-order valence-corrected chi connectivity index (χ3v) is 4.17. The Morgan fingerprint density at radius 1 is 1.00 bits per heavy atom. The van der Waals surface area contributed by atoms with E-state index in [9.17, 15) is 13.0 Å². The van der Waals surface area contributed by atoms with Gasteiger partial charge < -0.3 is 0 Å². The van der Waals surface area contributed by atoms with Gasteiger partial charge in [0.1, 0.15) is 0 Å². The third-order valence-electron chi connectivity index (χ3n) is 3.23. The number of hydrogen-bond donors (Lipinski definition) is 1. The summed E-state index contributed by atoms with van der Waals surface area (Å²) in [4.78, 5) is 0.0192. The molecule has 0 spiro atoms. The van der Waals surface area contributed by atoms with Crippen LogP contribution >= 0.6 is 0 Å². The number of fused-ring (bicyclic) bond motifs is 1. The molecule has 0 atom stereocenters. The summed E-state index contributed by atoms with van der Waals surface area (Å²) in [7, 11) is -4.16. The molecule has 3 nitrogen and oxygen atoms in total. The molecular formula is C14H16O3S. The predicted molar refractivity (Wildman–Crippen MR) is 72.5 cm³/mol. The lowest BCUT2D eigenvalue weighted by Gasteiger charge is -2.11. The fraction of sp³-hybridized carbons (Fsp3) is 0.286. The highest BCUT2D eigenvalue weighted by atomic mass is 32.2. The number of hydrogen-bond acceptors (Lipinski definition) is 2. The Kier molecular flexibility index (Phi) is 3.41. The minimum atomic E-state index is -4.16. The maximum atomic E-state index is 11.4. The Morgan fingerprint density at radius 3 is 2.28 bits per heavy atom. The van der Waals surface area contributed by atoms with Gasteiger partial charge in [0.05, 0.1) is 4.90 Å². The molecule has 0 bridgehead atoms. The van der Waals surface area contributed by atoms with Gasteiger partial charge in [-0.3, -0.25) is 4.55 Å². The summed E-state index contributed by atoms with van der Waals surface area (Å²) in [6.07, 6.45) is 1.46. The molecule has 2 rings (SSSR count). The molecule has 0 aliphatic heterocycles. The van der Waals surface area contributed by atoms with Crippen molar-refractivity contribution in [3.63, 3.8) is 0 Å². The van der Waals surface area contributed by atoms with E-state index in [-0.39, 0.29) is 4.90 Å². The van der Waals surface area contributed by atoms with Crippen molar-refractivity contribution in [2.45, 2.75) is 31.6 Å². The van der Waals surface area contributed by atoms with Gasteiger partial charge in [-0.1, -0.05) is 38.1 Å². The Balaban J connectivity index is 2.89. The molecule has 1 N–H and O–H groups in total. The maximum absolute atomic E-state index is 11.4. The Morgan fingerprint density at radius 2 is 1.72 bits per heavy atom. The smallest absolute Gasteiger partial charge is 0.282 e. The van der Waals surface area contributed by atoms with Gasteiger partial charge in [0.15, 0.2) is 0 Å². The summed E-state index contributed by atoms with van der Waals surface area (Å²) in [6, 6.07) is 9.14. The summed E-state index contributed by atoms with van der Waals surface area (Å²) in [5, 5.41) is 1.97. The van der Waals surface area contributed by atoms with Crippen molar-refractivity contribution in [2.75, 3.05) is 0 Å². The summed E-state index contributed by atoms with van der Waals surface area (Å²) in [5.74, 6) is 0. The maximum Gasteiger partial charge on any atom is 0.294 e. The second-order valence-electron chi connectivity index (χ2n) is 4.24. The highest BCUT2D eigenvalue weighted by molar-refractivity contribution is 7.85. The van der Waals surface area contributed by atoms with Crippen LogP contribution in [0.25, 0.3) is 10.8 Å². The molecule has 2 aromatic rings. The van der Waals surface area contributed by atoms with Gasteiger partial charge in [-0.25, -0.2) is 0 Å². The van der Waals surface area contributed by atoms with Gasteiger partial charge in [0, 0.05) is 0 Å². The molecule has 0 fully saturated rings. The second-order valence-corrected chi connectivity index (χ2v) is 5.63. The van der Waals surface area contributed by atoms with Crippen molar-refractivity contribution in [3.8, 4) is 0 Å². The first-order valence-corrected chi connectivity index (χ1v) is 7.44. The molecular weight excluding hydrogens is 248 g/mol. The predicted octanol–water partition coefficient (Wildman–Crippen LogP) is 3.21.